The molecule has 2 aromatic rings. The molecule has 0 spiro atoms. The zero-order valence-electron chi connectivity index (χ0n) is 7.78. The molecule has 0 radical (unpaired) electrons. The molecule has 3 rings (SSSR count). The Labute approximate surface area is 85.8 Å². The van der Waals surface area contributed by atoms with E-state index in [1.54, 1.807) is 12.1 Å². The van der Waals surface area contributed by atoms with Crippen LogP contribution in [0.25, 0.3) is 10.8 Å². The van der Waals surface area contributed by atoms with Crippen molar-refractivity contribution in [3.05, 3.63) is 47.5 Å². The van der Waals surface area contributed by atoms with Gasteiger partial charge in [0.05, 0.1) is 5.56 Å². The van der Waals surface area contributed by atoms with Crippen LogP contribution in [0.2, 0.25) is 0 Å². The molecule has 3 heteroatoms. The first-order valence-electron chi connectivity index (χ1n) is 4.60. The van der Waals surface area contributed by atoms with E-state index in [1.165, 1.54) is 0 Å². The van der Waals surface area contributed by atoms with Gasteiger partial charge in [-0.05, 0) is 17.5 Å². The van der Waals surface area contributed by atoms with E-state index in [1.807, 2.05) is 24.3 Å². The van der Waals surface area contributed by atoms with Gasteiger partial charge in [-0.15, -0.1) is 0 Å². The van der Waals surface area contributed by atoms with Gasteiger partial charge < -0.3 is 4.74 Å². The van der Waals surface area contributed by atoms with Gasteiger partial charge in [-0.1, -0.05) is 24.3 Å². The van der Waals surface area contributed by atoms with Crippen LogP contribution in [0.1, 0.15) is 15.9 Å². The lowest BCUT2D eigenvalue weighted by molar-refractivity contribution is 0.0714. The number of esters is 1. The minimum Gasteiger partial charge on any atom is -0.404 e. The highest BCUT2D eigenvalue weighted by Crippen LogP contribution is 2.27. The van der Waals surface area contributed by atoms with Crippen molar-refractivity contribution in [3.8, 4) is 0 Å². The predicted molar refractivity (Wildman–Crippen MR) is 56.2 cm³/mol. The smallest absolute Gasteiger partial charge is 0.345 e. The molecule has 0 amide bonds. The van der Waals surface area contributed by atoms with Crippen LogP contribution in [0, 0.1) is 5.41 Å². The van der Waals surface area contributed by atoms with Crippen LogP contribution in [0.3, 0.4) is 0 Å². The summed E-state index contributed by atoms with van der Waals surface area (Å²) >= 11 is 0. The number of nitrogens with one attached hydrogen (secondary N) is 1. The lowest BCUT2D eigenvalue weighted by Gasteiger charge is -2.16. The third kappa shape index (κ3) is 1.00. The number of hydrogen-bond acceptors (Lipinski definition) is 3. The molecule has 1 aliphatic rings. The summed E-state index contributed by atoms with van der Waals surface area (Å²) in [6, 6.07) is 11.0. The monoisotopic (exact) mass is 197 g/mol. The van der Waals surface area contributed by atoms with E-state index in [4.69, 9.17) is 10.1 Å². The molecular formula is C12H7NO2. The Hall–Kier alpha value is -2.16. The summed E-state index contributed by atoms with van der Waals surface area (Å²) in [5.74, 6) is -0.506. The van der Waals surface area contributed by atoms with Crippen LogP contribution >= 0.6 is 0 Å². The molecule has 0 fully saturated rings. The van der Waals surface area contributed by atoms with E-state index in [0.29, 0.717) is 11.1 Å². The number of carbonyl (C=O) groups excluding carboxylic acids is 1. The first-order chi connectivity index (χ1) is 7.27. The highest BCUT2D eigenvalue weighted by Gasteiger charge is 2.23. The van der Waals surface area contributed by atoms with E-state index in [9.17, 15) is 4.79 Å². The molecule has 0 aromatic heterocycles. The SMILES string of the molecule is N=C1OC(=O)c2cccc3cccc1c23. The standard InChI is InChI=1S/C12H7NO2/c13-11-8-5-1-3-7-4-2-6-9(10(7)8)12(14)15-11/h1-6,13H. The molecule has 72 valence electrons. The third-order valence-electron chi connectivity index (χ3n) is 2.56. The molecule has 1 aliphatic heterocycles. The lowest BCUT2D eigenvalue weighted by atomic mass is 9.97. The predicted octanol–water partition coefficient (Wildman–Crippen LogP) is 2.34. The fraction of sp³-hybridized carbons (Fsp3) is 0. The number of hydrogen-bond donors (Lipinski definition) is 1. The van der Waals surface area contributed by atoms with Crippen LogP contribution in [-0.4, -0.2) is 11.9 Å². The second kappa shape index (κ2) is 2.67. The van der Waals surface area contributed by atoms with Gasteiger partial charge in [0.25, 0.3) is 0 Å². The number of cyclic esters (lactones) is 1. The van der Waals surface area contributed by atoms with Gasteiger partial charge in [-0.2, -0.15) is 0 Å². The van der Waals surface area contributed by atoms with Gasteiger partial charge in [0.1, 0.15) is 0 Å². The average molecular weight is 197 g/mol. The van der Waals surface area contributed by atoms with Crippen LogP contribution in [0.15, 0.2) is 36.4 Å². The van der Waals surface area contributed by atoms with Crippen molar-refractivity contribution in [3.63, 3.8) is 0 Å². The fourth-order valence-electron chi connectivity index (χ4n) is 1.90. The molecule has 0 bridgehead atoms. The van der Waals surface area contributed by atoms with Crippen molar-refractivity contribution in [2.75, 3.05) is 0 Å². The molecule has 1 heterocycles. The van der Waals surface area contributed by atoms with Crippen molar-refractivity contribution < 1.29 is 9.53 Å². The average Bonchev–Trinajstić information content (AvgIpc) is 2.25. The number of ether oxygens (including phenoxy) is 1. The van der Waals surface area contributed by atoms with Crippen LogP contribution < -0.4 is 0 Å². The number of benzene rings is 2. The van der Waals surface area contributed by atoms with Gasteiger partial charge >= 0.3 is 5.97 Å². The van der Waals surface area contributed by atoms with E-state index in [0.717, 1.165) is 10.8 Å². The highest BCUT2D eigenvalue weighted by atomic mass is 16.5. The van der Waals surface area contributed by atoms with Crippen molar-refractivity contribution in [1.82, 2.24) is 0 Å². The van der Waals surface area contributed by atoms with E-state index in [2.05, 4.69) is 0 Å². The summed E-state index contributed by atoms with van der Waals surface area (Å²) in [7, 11) is 0. The Kier molecular flexibility index (Phi) is 1.45. The van der Waals surface area contributed by atoms with Crippen molar-refractivity contribution in [1.29, 1.82) is 5.41 Å². The molecule has 0 saturated carbocycles. The van der Waals surface area contributed by atoms with Gasteiger partial charge in [0.15, 0.2) is 0 Å². The Morgan fingerprint density at radius 2 is 1.67 bits per heavy atom. The summed E-state index contributed by atoms with van der Waals surface area (Å²) in [6.45, 7) is 0. The van der Waals surface area contributed by atoms with Gasteiger partial charge in [0, 0.05) is 10.9 Å². The Bertz CT molecular complexity index is 553. The second-order valence-corrected chi connectivity index (χ2v) is 3.43. The molecule has 0 saturated heterocycles. The van der Waals surface area contributed by atoms with E-state index >= 15 is 0 Å². The fourth-order valence-corrected chi connectivity index (χ4v) is 1.90. The minimum atomic E-state index is -0.440. The molecule has 0 unspecified atom stereocenters. The molecule has 0 atom stereocenters. The molecule has 0 aliphatic carbocycles. The minimum absolute atomic E-state index is 0.0655. The van der Waals surface area contributed by atoms with Crippen LogP contribution in [0.5, 0.6) is 0 Å². The van der Waals surface area contributed by atoms with Crippen molar-refractivity contribution in [2.24, 2.45) is 0 Å². The first-order valence-corrected chi connectivity index (χ1v) is 4.60. The van der Waals surface area contributed by atoms with Gasteiger partial charge in [-0.3, -0.25) is 5.41 Å². The highest BCUT2D eigenvalue weighted by molar-refractivity contribution is 6.21. The third-order valence-corrected chi connectivity index (χ3v) is 2.56. The maximum atomic E-state index is 11.5. The molecule has 1 N–H and O–H groups in total. The first kappa shape index (κ1) is 8.17. The van der Waals surface area contributed by atoms with E-state index in [-0.39, 0.29) is 5.90 Å². The Morgan fingerprint density at radius 1 is 1.00 bits per heavy atom. The van der Waals surface area contributed by atoms with Gasteiger partial charge in [-0.25, -0.2) is 4.79 Å². The van der Waals surface area contributed by atoms with Crippen LogP contribution in [0.4, 0.5) is 0 Å². The normalized spacial score (nSPS) is 14.1. The summed E-state index contributed by atoms with van der Waals surface area (Å²) in [5.41, 5.74) is 1.22. The van der Waals surface area contributed by atoms with E-state index < -0.39 is 5.97 Å². The maximum absolute atomic E-state index is 11.5. The maximum Gasteiger partial charge on any atom is 0.345 e. The molecule has 15 heavy (non-hydrogen) atoms. The summed E-state index contributed by atoms with van der Waals surface area (Å²) < 4.78 is 4.85. The summed E-state index contributed by atoms with van der Waals surface area (Å²) in [5, 5.41) is 9.38. The molecule has 3 nitrogen and oxygen atoms in total. The summed E-state index contributed by atoms with van der Waals surface area (Å²) in [6.07, 6.45) is 0. The largest absolute Gasteiger partial charge is 0.404 e. The van der Waals surface area contributed by atoms with Gasteiger partial charge in [0.2, 0.25) is 5.90 Å². The number of carbonyl (C=O) groups is 1. The zero-order valence-corrected chi connectivity index (χ0v) is 7.78. The second-order valence-electron chi connectivity index (χ2n) is 3.43. The summed E-state index contributed by atoms with van der Waals surface area (Å²) in [4.78, 5) is 11.5. The molecular weight excluding hydrogens is 190 g/mol. The zero-order chi connectivity index (χ0) is 10.4. The van der Waals surface area contributed by atoms with Crippen molar-refractivity contribution in [2.45, 2.75) is 0 Å². The quantitative estimate of drug-likeness (QED) is 0.659. The lowest BCUT2D eigenvalue weighted by Crippen LogP contribution is -2.19. The number of rotatable bonds is 0. The van der Waals surface area contributed by atoms with Crippen molar-refractivity contribution >= 4 is 22.6 Å². The topological polar surface area (TPSA) is 50.1 Å². The Morgan fingerprint density at radius 3 is 2.40 bits per heavy atom. The Balaban J connectivity index is 2.56. The molecule has 2 aromatic carbocycles. The van der Waals surface area contributed by atoms with Crippen LogP contribution in [-0.2, 0) is 4.74 Å².